The zero-order valence-corrected chi connectivity index (χ0v) is 30.1. The van der Waals surface area contributed by atoms with Gasteiger partial charge in [0, 0.05) is 51.1 Å². The lowest BCUT2D eigenvalue weighted by atomic mass is 9.91. The van der Waals surface area contributed by atoms with Gasteiger partial charge in [0.2, 0.25) is 0 Å². The third-order valence-electron chi connectivity index (χ3n) is 10.3. The topological polar surface area (TPSA) is 16.4 Å². The molecular weight excluding hydrogens is 712 g/mol. The summed E-state index contributed by atoms with van der Waals surface area (Å²) < 4.78 is 92.9. The first-order valence-electron chi connectivity index (χ1n) is 20.8. The van der Waals surface area contributed by atoms with Crippen molar-refractivity contribution in [1.82, 2.24) is 0 Å². The largest absolute Gasteiger partial charge is 0.455 e. The molecule has 10 aromatic rings. The molecule has 10 rings (SSSR count). The Morgan fingerprint density at radius 3 is 1.61 bits per heavy atom. The Morgan fingerprint density at radius 2 is 0.965 bits per heavy atom. The van der Waals surface area contributed by atoms with Gasteiger partial charge < -0.3 is 9.32 Å². The molecule has 5 heteroatoms. The second kappa shape index (κ2) is 14.0. The lowest BCUT2D eigenvalue weighted by molar-refractivity contribution is 0.548. The fourth-order valence-electron chi connectivity index (χ4n) is 7.79. The molecule has 0 radical (unpaired) electrons. The second-order valence-corrected chi connectivity index (χ2v) is 13.7. The van der Waals surface area contributed by atoms with E-state index in [4.69, 9.17) is 11.3 Å². The van der Waals surface area contributed by atoms with Crippen LogP contribution in [0.4, 0.5) is 30.2 Å². The van der Waals surface area contributed by atoms with Crippen molar-refractivity contribution >= 4 is 49.6 Å². The first-order chi connectivity index (χ1) is 30.1. The molecule has 0 amide bonds. The van der Waals surface area contributed by atoms with E-state index < -0.39 is 53.2 Å². The summed E-state index contributed by atoms with van der Waals surface area (Å²) in [6.45, 7) is 0. The van der Waals surface area contributed by atoms with Crippen LogP contribution < -0.4 is 4.90 Å². The fraction of sp³-hybridized carbons (Fsp3) is 0. The van der Waals surface area contributed by atoms with Gasteiger partial charge in [0.1, 0.15) is 28.8 Å². The highest BCUT2D eigenvalue weighted by molar-refractivity contribution is 6.28. The predicted molar refractivity (Wildman–Crippen MR) is 228 cm³/mol. The second-order valence-electron chi connectivity index (χ2n) is 13.7. The van der Waals surface area contributed by atoms with E-state index in [1.54, 1.807) is 12.1 Å². The maximum absolute atomic E-state index is 14.8. The van der Waals surface area contributed by atoms with Gasteiger partial charge in [0.15, 0.2) is 0 Å². The molecule has 1 aromatic heterocycles. The van der Waals surface area contributed by atoms with E-state index >= 15 is 0 Å². The Bertz CT molecular complexity index is 3320. The molecule has 0 spiro atoms. The summed E-state index contributed by atoms with van der Waals surface area (Å²) in [6, 6.07) is 47.0. The Hall–Kier alpha value is -7.37. The molecule has 1 heterocycles. The molecule has 0 saturated carbocycles. The average Bonchev–Trinajstić information content (AvgIpc) is 3.71. The number of hydrogen-bond donors (Lipinski definition) is 0. The average molecular weight is 749 g/mol. The van der Waals surface area contributed by atoms with Gasteiger partial charge >= 0.3 is 0 Å². The van der Waals surface area contributed by atoms with Gasteiger partial charge in [0.25, 0.3) is 0 Å². The van der Waals surface area contributed by atoms with Crippen LogP contribution in [0.3, 0.4) is 0 Å². The number of anilines is 3. The zero-order valence-electron chi connectivity index (χ0n) is 35.1. The third-order valence-corrected chi connectivity index (χ3v) is 10.3. The summed E-state index contributed by atoms with van der Waals surface area (Å²) in [5, 5.41) is 5.07. The van der Waals surface area contributed by atoms with Crippen LogP contribution in [0, 0.1) is 17.5 Å². The summed E-state index contributed by atoms with van der Waals surface area (Å²) >= 11 is 0. The van der Waals surface area contributed by atoms with Gasteiger partial charge in [-0.3, -0.25) is 0 Å². The van der Waals surface area contributed by atoms with Crippen LogP contribution in [0.25, 0.3) is 77.2 Å². The van der Waals surface area contributed by atoms with Crippen molar-refractivity contribution < 1.29 is 24.4 Å². The SMILES string of the molecule is [2H]c1c([2H])c([2H])c(N(c2ccc(-c3ccc4c(c3)c3ccccc3c3oc(-c5ccccc5)c(-c5ccccc5)c43)cc2)c2ccc(-c3c(F)cc(F)cc3F)cc2)c([2H])c1[2H]. The highest BCUT2D eigenvalue weighted by Gasteiger charge is 2.23. The molecule has 0 fully saturated rings. The highest BCUT2D eigenvalue weighted by Crippen LogP contribution is 2.48. The van der Waals surface area contributed by atoms with Gasteiger partial charge in [0.05, 0.1) is 12.4 Å². The smallest absolute Gasteiger partial charge is 0.143 e. The molecule has 9 aromatic carbocycles. The van der Waals surface area contributed by atoms with Gasteiger partial charge in [-0.05, 0) is 80.8 Å². The number of fused-ring (bicyclic) bond motifs is 6. The van der Waals surface area contributed by atoms with Crippen LogP contribution in [-0.4, -0.2) is 0 Å². The number of para-hydroxylation sites is 1. The number of rotatable bonds is 7. The van der Waals surface area contributed by atoms with Crippen LogP contribution in [0.1, 0.15) is 6.85 Å². The predicted octanol–water partition coefficient (Wildman–Crippen LogP) is 15.3. The number of halogens is 3. The fourth-order valence-corrected chi connectivity index (χ4v) is 7.79. The standard InChI is InChI=1S/C52H32F3NO/c53-38-31-46(54)48(47(55)32-38)35-22-27-41(28-23-35)56(39-16-8-3-9-17-39)40-25-20-33(21-26-40)37-24-29-43-45(30-37)42-18-10-11-19-44(42)52-50(43)49(34-12-4-1-5-13-34)51(57-52)36-14-6-2-7-15-36/h1-32H/i3D,8D,9D,16D,17D. The van der Waals surface area contributed by atoms with Crippen molar-refractivity contribution in [1.29, 1.82) is 0 Å². The Kier molecular flexibility index (Phi) is 7.14. The molecule has 0 bridgehead atoms. The maximum Gasteiger partial charge on any atom is 0.143 e. The van der Waals surface area contributed by atoms with Crippen LogP contribution in [0.15, 0.2) is 198 Å². The Balaban J connectivity index is 1.12. The molecule has 0 unspecified atom stereocenters. The van der Waals surface area contributed by atoms with E-state index in [2.05, 4.69) is 54.6 Å². The van der Waals surface area contributed by atoms with E-state index in [1.165, 1.54) is 29.2 Å². The lowest BCUT2D eigenvalue weighted by Gasteiger charge is -2.26. The van der Waals surface area contributed by atoms with E-state index in [-0.39, 0.29) is 11.3 Å². The minimum Gasteiger partial charge on any atom is -0.455 e. The molecule has 2 nitrogen and oxygen atoms in total. The Labute approximate surface area is 334 Å². The van der Waals surface area contributed by atoms with Gasteiger partial charge in [-0.25, -0.2) is 13.2 Å². The van der Waals surface area contributed by atoms with Gasteiger partial charge in [-0.1, -0.05) is 139 Å². The third kappa shape index (κ3) is 6.01. The quantitative estimate of drug-likeness (QED) is 0.151. The highest BCUT2D eigenvalue weighted by atomic mass is 19.1. The van der Waals surface area contributed by atoms with Crippen molar-refractivity contribution in [2.24, 2.45) is 0 Å². The van der Waals surface area contributed by atoms with Gasteiger partial charge in [-0.2, -0.15) is 0 Å². The molecule has 57 heavy (non-hydrogen) atoms. The van der Waals surface area contributed by atoms with E-state index in [1.807, 2.05) is 60.7 Å². The monoisotopic (exact) mass is 748 g/mol. The molecule has 0 N–H and O–H groups in total. The number of benzene rings is 9. The van der Waals surface area contributed by atoms with Crippen molar-refractivity contribution in [2.45, 2.75) is 0 Å². The number of hydrogen-bond acceptors (Lipinski definition) is 2. The number of nitrogens with zero attached hydrogens (tertiary/aromatic N) is 1. The summed E-state index contributed by atoms with van der Waals surface area (Å²) in [6.07, 6.45) is 0. The van der Waals surface area contributed by atoms with E-state index in [0.29, 0.717) is 23.5 Å². The van der Waals surface area contributed by atoms with Crippen LogP contribution in [-0.2, 0) is 0 Å². The van der Waals surface area contributed by atoms with E-state index in [9.17, 15) is 13.2 Å². The lowest BCUT2D eigenvalue weighted by Crippen LogP contribution is -2.09. The molecule has 0 aliphatic heterocycles. The van der Waals surface area contributed by atoms with Crippen LogP contribution in [0.2, 0.25) is 0 Å². The summed E-state index contributed by atoms with van der Waals surface area (Å²) in [5.74, 6) is -2.40. The summed E-state index contributed by atoms with van der Waals surface area (Å²) in [5.41, 5.74) is 6.02. The molecular formula is C52H32F3NO. The van der Waals surface area contributed by atoms with Crippen molar-refractivity contribution in [3.8, 4) is 44.7 Å². The van der Waals surface area contributed by atoms with Crippen LogP contribution >= 0.6 is 0 Å². The Morgan fingerprint density at radius 1 is 0.421 bits per heavy atom. The van der Waals surface area contributed by atoms with Crippen LogP contribution in [0.5, 0.6) is 0 Å². The molecule has 0 aliphatic carbocycles. The number of furan rings is 1. The molecule has 0 saturated heterocycles. The first kappa shape index (κ1) is 29.0. The minimum atomic E-state index is -1.07. The maximum atomic E-state index is 14.8. The van der Waals surface area contributed by atoms with Crippen molar-refractivity contribution in [3.63, 3.8) is 0 Å². The van der Waals surface area contributed by atoms with Crippen molar-refractivity contribution in [2.75, 3.05) is 4.90 Å². The van der Waals surface area contributed by atoms with Crippen molar-refractivity contribution in [3.05, 3.63) is 211 Å². The zero-order chi connectivity index (χ0) is 42.8. The minimum absolute atomic E-state index is 0.110. The molecule has 272 valence electrons. The first-order valence-corrected chi connectivity index (χ1v) is 18.3. The molecule has 0 aliphatic rings. The molecule has 0 atom stereocenters. The summed E-state index contributed by atoms with van der Waals surface area (Å²) in [4.78, 5) is 1.52. The normalized spacial score (nSPS) is 12.6. The summed E-state index contributed by atoms with van der Waals surface area (Å²) in [7, 11) is 0. The van der Waals surface area contributed by atoms with Gasteiger partial charge in [-0.15, -0.1) is 0 Å². The van der Waals surface area contributed by atoms with E-state index in [0.717, 1.165) is 66.1 Å².